The second-order valence-electron chi connectivity index (χ2n) is 4.18. The third-order valence-corrected chi connectivity index (χ3v) is 3.04. The number of ether oxygens (including phenoxy) is 1. The predicted molar refractivity (Wildman–Crippen MR) is 59.2 cm³/mol. The van der Waals surface area contributed by atoms with E-state index in [9.17, 15) is 0 Å². The summed E-state index contributed by atoms with van der Waals surface area (Å²) in [6.07, 6.45) is 1.45. The molecular weight excluding hydrogens is 208 g/mol. The largest absolute Gasteiger partial charge is 0.381 e. The van der Waals surface area contributed by atoms with Crippen LogP contribution in [-0.2, 0) is 10.3 Å². The van der Waals surface area contributed by atoms with Crippen LogP contribution in [0.15, 0.2) is 4.52 Å². The molecule has 90 valence electrons. The van der Waals surface area contributed by atoms with Crippen LogP contribution in [0.25, 0.3) is 0 Å². The van der Waals surface area contributed by atoms with Crippen LogP contribution in [-0.4, -0.2) is 36.9 Å². The van der Waals surface area contributed by atoms with Crippen LogP contribution >= 0.6 is 0 Å². The lowest BCUT2D eigenvalue weighted by atomic mass is 9.91. The summed E-state index contributed by atoms with van der Waals surface area (Å²) in [5.41, 5.74) is 5.72. The van der Waals surface area contributed by atoms with E-state index in [2.05, 4.69) is 10.1 Å². The van der Waals surface area contributed by atoms with Crippen molar-refractivity contribution in [2.75, 3.05) is 31.7 Å². The van der Waals surface area contributed by atoms with Crippen molar-refractivity contribution in [2.45, 2.75) is 25.3 Å². The second kappa shape index (κ2) is 4.39. The molecule has 2 rings (SSSR count). The monoisotopic (exact) mass is 226 g/mol. The fourth-order valence-corrected chi connectivity index (χ4v) is 1.66. The van der Waals surface area contributed by atoms with Gasteiger partial charge in [0, 0.05) is 26.8 Å². The molecule has 0 amide bonds. The summed E-state index contributed by atoms with van der Waals surface area (Å²) in [6, 6.07) is 0. The predicted octanol–water partition coefficient (Wildman–Crippen LogP) is 0.490. The second-order valence-corrected chi connectivity index (χ2v) is 4.18. The fourth-order valence-electron chi connectivity index (χ4n) is 1.66. The molecule has 0 aromatic carbocycles. The van der Waals surface area contributed by atoms with Gasteiger partial charge in [-0.25, -0.2) is 0 Å². The molecule has 0 bridgehead atoms. The maximum Gasteiger partial charge on any atom is 0.265 e. The van der Waals surface area contributed by atoms with Crippen LogP contribution in [0.2, 0.25) is 0 Å². The van der Waals surface area contributed by atoms with Gasteiger partial charge in [-0.1, -0.05) is 0 Å². The molecule has 16 heavy (non-hydrogen) atoms. The van der Waals surface area contributed by atoms with Gasteiger partial charge in [-0.05, 0) is 24.9 Å². The number of aromatic nitrogens is 2. The third kappa shape index (κ3) is 2.03. The van der Waals surface area contributed by atoms with Gasteiger partial charge in [0.25, 0.3) is 5.95 Å². The minimum atomic E-state index is -0.516. The van der Waals surface area contributed by atoms with E-state index < -0.39 is 5.54 Å². The summed E-state index contributed by atoms with van der Waals surface area (Å²) in [5.74, 6) is 1.11. The molecule has 0 radical (unpaired) electrons. The van der Waals surface area contributed by atoms with E-state index in [-0.39, 0.29) is 0 Å². The van der Waals surface area contributed by atoms with Crippen molar-refractivity contribution >= 4 is 5.95 Å². The number of hydrogen-bond acceptors (Lipinski definition) is 6. The average molecular weight is 226 g/mol. The number of anilines is 1. The quantitative estimate of drug-likeness (QED) is 0.808. The summed E-state index contributed by atoms with van der Waals surface area (Å²) < 4.78 is 10.5. The molecule has 1 aliphatic rings. The average Bonchev–Trinajstić information content (AvgIpc) is 2.79. The smallest absolute Gasteiger partial charge is 0.265 e. The summed E-state index contributed by atoms with van der Waals surface area (Å²) >= 11 is 0. The number of nitrogens with zero attached hydrogens (tertiary/aromatic N) is 3. The normalized spacial score (nSPS) is 19.7. The van der Waals surface area contributed by atoms with E-state index >= 15 is 0 Å². The Kier molecular flexibility index (Phi) is 3.11. The molecule has 2 N–H and O–H groups in total. The van der Waals surface area contributed by atoms with Crippen molar-refractivity contribution in [1.82, 2.24) is 10.1 Å². The van der Waals surface area contributed by atoms with Crippen molar-refractivity contribution in [3.8, 4) is 0 Å². The van der Waals surface area contributed by atoms with E-state index in [1.807, 2.05) is 18.9 Å². The Hall–Kier alpha value is -1.14. The summed E-state index contributed by atoms with van der Waals surface area (Å²) in [4.78, 5) is 6.26. The molecule has 2 heterocycles. The molecule has 0 saturated carbocycles. The molecular formula is C10H18N4O2. The molecule has 6 heteroatoms. The first-order valence-electron chi connectivity index (χ1n) is 5.57. The Morgan fingerprint density at radius 2 is 2.12 bits per heavy atom. The van der Waals surface area contributed by atoms with Crippen LogP contribution in [0.5, 0.6) is 0 Å². The lowest BCUT2D eigenvalue weighted by Gasteiger charge is -2.29. The lowest BCUT2D eigenvalue weighted by molar-refractivity contribution is 0.0400. The highest BCUT2D eigenvalue weighted by atomic mass is 16.5. The highest BCUT2D eigenvalue weighted by Crippen LogP contribution is 2.28. The van der Waals surface area contributed by atoms with E-state index in [1.165, 1.54) is 0 Å². The molecule has 0 spiro atoms. The maximum atomic E-state index is 6.24. The van der Waals surface area contributed by atoms with Crippen LogP contribution in [0.4, 0.5) is 5.95 Å². The van der Waals surface area contributed by atoms with Crippen LogP contribution in [0, 0.1) is 0 Å². The van der Waals surface area contributed by atoms with E-state index in [1.54, 1.807) is 0 Å². The van der Waals surface area contributed by atoms with Crippen molar-refractivity contribution < 1.29 is 9.26 Å². The van der Waals surface area contributed by atoms with Crippen molar-refractivity contribution in [3.05, 3.63) is 5.89 Å². The van der Waals surface area contributed by atoms with Crippen LogP contribution in [0.1, 0.15) is 25.7 Å². The van der Waals surface area contributed by atoms with Gasteiger partial charge < -0.3 is 19.9 Å². The molecule has 0 aliphatic carbocycles. The first kappa shape index (κ1) is 11.3. The minimum Gasteiger partial charge on any atom is -0.381 e. The highest BCUT2D eigenvalue weighted by Gasteiger charge is 2.36. The lowest BCUT2D eigenvalue weighted by Crippen LogP contribution is -2.42. The SMILES string of the molecule is CCN(C)c1noc(C2(N)CCOCC2)n1. The van der Waals surface area contributed by atoms with Crippen molar-refractivity contribution in [1.29, 1.82) is 0 Å². The zero-order valence-corrected chi connectivity index (χ0v) is 9.77. The first-order chi connectivity index (χ1) is 7.65. The van der Waals surface area contributed by atoms with E-state index in [4.69, 9.17) is 15.0 Å². The molecule has 1 aromatic heterocycles. The van der Waals surface area contributed by atoms with Crippen LogP contribution in [0.3, 0.4) is 0 Å². The van der Waals surface area contributed by atoms with Gasteiger partial charge in [0.05, 0.1) is 0 Å². The van der Waals surface area contributed by atoms with Gasteiger partial charge >= 0.3 is 0 Å². The van der Waals surface area contributed by atoms with Gasteiger partial charge in [0.15, 0.2) is 0 Å². The first-order valence-corrected chi connectivity index (χ1v) is 5.57. The summed E-state index contributed by atoms with van der Waals surface area (Å²) in [7, 11) is 1.92. The Morgan fingerprint density at radius 3 is 2.75 bits per heavy atom. The third-order valence-electron chi connectivity index (χ3n) is 3.04. The van der Waals surface area contributed by atoms with Crippen LogP contribution < -0.4 is 10.6 Å². The minimum absolute atomic E-state index is 0.516. The molecule has 1 aliphatic heterocycles. The Labute approximate surface area is 94.7 Å². The van der Waals surface area contributed by atoms with Gasteiger partial charge in [-0.2, -0.15) is 4.98 Å². The van der Waals surface area contributed by atoms with Crippen molar-refractivity contribution in [2.24, 2.45) is 5.73 Å². The van der Waals surface area contributed by atoms with Crippen molar-refractivity contribution in [3.63, 3.8) is 0 Å². The topological polar surface area (TPSA) is 77.4 Å². The van der Waals surface area contributed by atoms with E-state index in [0.29, 0.717) is 25.1 Å². The summed E-state index contributed by atoms with van der Waals surface area (Å²) in [6.45, 7) is 4.16. The summed E-state index contributed by atoms with van der Waals surface area (Å²) in [5, 5.41) is 3.93. The zero-order chi connectivity index (χ0) is 11.6. The highest BCUT2D eigenvalue weighted by molar-refractivity contribution is 5.26. The number of nitrogens with two attached hydrogens (primary N) is 1. The molecule has 6 nitrogen and oxygen atoms in total. The molecule has 1 fully saturated rings. The molecule has 0 unspecified atom stereocenters. The molecule has 0 atom stereocenters. The standard InChI is InChI=1S/C10H18N4O2/c1-3-14(2)9-12-8(16-13-9)10(11)4-6-15-7-5-10/h3-7,11H2,1-2H3. The molecule has 1 aromatic rings. The van der Waals surface area contributed by atoms with Gasteiger partial charge in [-0.15, -0.1) is 0 Å². The Morgan fingerprint density at radius 1 is 1.44 bits per heavy atom. The maximum absolute atomic E-state index is 6.24. The number of rotatable bonds is 3. The number of hydrogen-bond donors (Lipinski definition) is 1. The molecule has 1 saturated heterocycles. The van der Waals surface area contributed by atoms with Gasteiger partial charge in [0.2, 0.25) is 5.89 Å². The van der Waals surface area contributed by atoms with E-state index in [0.717, 1.165) is 19.4 Å². The van der Waals surface area contributed by atoms with Gasteiger partial charge in [0.1, 0.15) is 5.54 Å². The Balaban J connectivity index is 2.17. The zero-order valence-electron chi connectivity index (χ0n) is 9.77. The fraction of sp³-hybridized carbons (Fsp3) is 0.800. The van der Waals surface area contributed by atoms with Gasteiger partial charge in [-0.3, -0.25) is 0 Å². The Bertz CT molecular complexity index is 346.